The molecule has 2 aromatic carbocycles. The van der Waals surface area contributed by atoms with Crippen LogP contribution in [0.3, 0.4) is 0 Å². The zero-order valence-corrected chi connectivity index (χ0v) is 17.2. The van der Waals surface area contributed by atoms with Crippen molar-refractivity contribution in [2.24, 2.45) is 5.73 Å². The van der Waals surface area contributed by atoms with Gasteiger partial charge >= 0.3 is 5.97 Å². The van der Waals surface area contributed by atoms with E-state index in [2.05, 4.69) is 31.3 Å². The highest BCUT2D eigenvalue weighted by molar-refractivity contribution is 5.97. The smallest absolute Gasteiger partial charge is 0.330 e. The highest BCUT2D eigenvalue weighted by Crippen LogP contribution is 2.32. The highest BCUT2D eigenvalue weighted by Gasteiger charge is 2.34. The first-order valence-electron chi connectivity index (χ1n) is 9.47. The van der Waals surface area contributed by atoms with Crippen molar-refractivity contribution in [1.82, 2.24) is 5.32 Å². The molecule has 5 heteroatoms. The van der Waals surface area contributed by atoms with E-state index in [1.807, 2.05) is 30.3 Å². The fourth-order valence-corrected chi connectivity index (χ4v) is 3.15. The van der Waals surface area contributed by atoms with Gasteiger partial charge in [0.25, 0.3) is 5.91 Å². The molecule has 0 aliphatic rings. The van der Waals surface area contributed by atoms with Gasteiger partial charge in [-0.2, -0.15) is 0 Å². The molecule has 0 aromatic heterocycles. The molecule has 0 saturated carbocycles. The van der Waals surface area contributed by atoms with Crippen LogP contribution in [0.4, 0.5) is 0 Å². The van der Waals surface area contributed by atoms with E-state index in [1.165, 1.54) is 12.7 Å². The van der Waals surface area contributed by atoms with Gasteiger partial charge in [0, 0.05) is 11.1 Å². The molecule has 0 aliphatic carbocycles. The van der Waals surface area contributed by atoms with Crippen LogP contribution in [0.2, 0.25) is 0 Å². The molecule has 0 radical (unpaired) electrons. The van der Waals surface area contributed by atoms with E-state index < -0.39 is 17.6 Å². The van der Waals surface area contributed by atoms with Gasteiger partial charge in [0.15, 0.2) is 0 Å². The lowest BCUT2D eigenvalue weighted by atomic mass is 9.84. The minimum atomic E-state index is -0.942. The van der Waals surface area contributed by atoms with Crippen LogP contribution < -0.4 is 11.1 Å². The van der Waals surface area contributed by atoms with E-state index in [1.54, 1.807) is 26.0 Å². The van der Waals surface area contributed by atoms with Crippen molar-refractivity contribution in [2.45, 2.75) is 51.1 Å². The summed E-state index contributed by atoms with van der Waals surface area (Å²) in [4.78, 5) is 24.5. The summed E-state index contributed by atoms with van der Waals surface area (Å²) in [6, 6.07) is 16.9. The van der Waals surface area contributed by atoms with E-state index in [0.29, 0.717) is 17.4 Å². The summed E-state index contributed by atoms with van der Waals surface area (Å²) in [6.45, 7) is 7.72. The maximum Gasteiger partial charge on any atom is 0.330 e. The standard InChI is InChI=1S/C23H30N2O3/c1-15(17-9-7-6-8-10-17)16(2)18-11-13-19(14-12-18)21(26)25-20(22(27)28-5)23(3,4)24/h6-16,20H,24H2,1-5H3,(H,25,26)/t15?,16?,20-/m1/s1. The van der Waals surface area contributed by atoms with Crippen LogP contribution >= 0.6 is 0 Å². The van der Waals surface area contributed by atoms with Gasteiger partial charge in [0.2, 0.25) is 0 Å². The molecule has 0 spiro atoms. The summed E-state index contributed by atoms with van der Waals surface area (Å²) in [6.07, 6.45) is 0. The number of ether oxygens (including phenoxy) is 1. The maximum absolute atomic E-state index is 12.6. The number of amides is 1. The van der Waals surface area contributed by atoms with Crippen molar-refractivity contribution in [2.75, 3.05) is 7.11 Å². The van der Waals surface area contributed by atoms with E-state index in [4.69, 9.17) is 10.5 Å². The number of esters is 1. The van der Waals surface area contributed by atoms with Crippen LogP contribution in [-0.4, -0.2) is 30.6 Å². The van der Waals surface area contributed by atoms with Crippen LogP contribution in [-0.2, 0) is 9.53 Å². The Labute approximate surface area is 167 Å². The molecule has 28 heavy (non-hydrogen) atoms. The fourth-order valence-electron chi connectivity index (χ4n) is 3.15. The van der Waals surface area contributed by atoms with Crippen LogP contribution in [0.1, 0.15) is 61.0 Å². The third-order valence-electron chi connectivity index (χ3n) is 5.23. The number of nitrogens with two attached hydrogens (primary N) is 1. The second-order valence-electron chi connectivity index (χ2n) is 7.86. The lowest BCUT2D eigenvalue weighted by molar-refractivity contribution is -0.144. The number of carbonyl (C=O) groups is 2. The average molecular weight is 383 g/mol. The normalized spacial score (nSPS) is 14.6. The van der Waals surface area contributed by atoms with Crippen LogP contribution in [0, 0.1) is 0 Å². The van der Waals surface area contributed by atoms with Gasteiger partial charge in [-0.1, -0.05) is 56.3 Å². The van der Waals surface area contributed by atoms with E-state index in [9.17, 15) is 9.59 Å². The quantitative estimate of drug-likeness (QED) is 0.717. The third-order valence-corrected chi connectivity index (χ3v) is 5.23. The van der Waals surface area contributed by atoms with Crippen molar-refractivity contribution in [1.29, 1.82) is 0 Å². The first-order chi connectivity index (χ1) is 13.1. The SMILES string of the molecule is COC(=O)[C@@H](NC(=O)c1ccc(C(C)C(C)c2ccccc2)cc1)C(C)(C)N. The van der Waals surface area contributed by atoms with Crippen molar-refractivity contribution in [3.05, 3.63) is 71.3 Å². The molecule has 0 heterocycles. The maximum atomic E-state index is 12.6. The molecule has 3 atom stereocenters. The van der Waals surface area contributed by atoms with Crippen molar-refractivity contribution in [3.63, 3.8) is 0 Å². The molecule has 0 bridgehead atoms. The molecular formula is C23H30N2O3. The fraction of sp³-hybridized carbons (Fsp3) is 0.391. The Kier molecular flexibility index (Phi) is 6.97. The molecule has 2 unspecified atom stereocenters. The number of rotatable bonds is 7. The summed E-state index contributed by atoms with van der Waals surface area (Å²) in [5.74, 6) is -0.278. The highest BCUT2D eigenvalue weighted by atomic mass is 16.5. The van der Waals surface area contributed by atoms with Gasteiger partial charge in [-0.25, -0.2) is 4.79 Å². The first-order valence-corrected chi connectivity index (χ1v) is 9.47. The van der Waals surface area contributed by atoms with Crippen molar-refractivity contribution in [3.8, 4) is 0 Å². The summed E-state index contributed by atoms with van der Waals surface area (Å²) in [5, 5.41) is 2.68. The lowest BCUT2D eigenvalue weighted by Gasteiger charge is -2.29. The van der Waals surface area contributed by atoms with Gasteiger partial charge in [-0.3, -0.25) is 4.79 Å². The Morgan fingerprint density at radius 1 is 0.929 bits per heavy atom. The van der Waals surface area contributed by atoms with Gasteiger partial charge in [-0.05, 0) is 48.9 Å². The number of nitrogens with one attached hydrogen (secondary N) is 1. The topological polar surface area (TPSA) is 81.4 Å². The summed E-state index contributed by atoms with van der Waals surface area (Å²) >= 11 is 0. The van der Waals surface area contributed by atoms with Crippen molar-refractivity contribution < 1.29 is 14.3 Å². The van der Waals surface area contributed by atoms with Crippen LogP contribution in [0.15, 0.2) is 54.6 Å². The average Bonchev–Trinajstić information content (AvgIpc) is 2.70. The Morgan fingerprint density at radius 2 is 1.43 bits per heavy atom. The van der Waals surface area contributed by atoms with Crippen LogP contribution in [0.25, 0.3) is 0 Å². The first kappa shape index (κ1) is 21.6. The molecule has 3 N–H and O–H groups in total. The second-order valence-corrected chi connectivity index (χ2v) is 7.86. The molecule has 2 rings (SSSR count). The predicted molar refractivity (Wildman–Crippen MR) is 111 cm³/mol. The minimum absolute atomic E-state index is 0.297. The summed E-state index contributed by atoms with van der Waals surface area (Å²) < 4.78 is 4.76. The van der Waals surface area contributed by atoms with E-state index >= 15 is 0 Å². The van der Waals surface area contributed by atoms with Crippen molar-refractivity contribution >= 4 is 11.9 Å². The van der Waals surface area contributed by atoms with E-state index in [0.717, 1.165) is 5.56 Å². The molecule has 1 amide bonds. The Balaban J connectivity index is 2.13. The Morgan fingerprint density at radius 3 is 1.89 bits per heavy atom. The zero-order chi connectivity index (χ0) is 20.9. The number of methoxy groups -OCH3 is 1. The summed E-state index contributed by atoms with van der Waals surface area (Å²) in [7, 11) is 1.28. The molecule has 0 fully saturated rings. The third kappa shape index (κ3) is 5.20. The van der Waals surface area contributed by atoms with Gasteiger partial charge < -0.3 is 15.8 Å². The molecular weight excluding hydrogens is 352 g/mol. The molecule has 0 saturated heterocycles. The lowest BCUT2D eigenvalue weighted by Crippen LogP contribution is -2.59. The van der Waals surface area contributed by atoms with E-state index in [-0.39, 0.29) is 5.91 Å². The number of benzene rings is 2. The summed E-state index contributed by atoms with van der Waals surface area (Å²) in [5.41, 5.74) is 7.98. The molecule has 0 aliphatic heterocycles. The second kappa shape index (κ2) is 9.02. The Hall–Kier alpha value is -2.66. The van der Waals surface area contributed by atoms with Gasteiger partial charge in [0.1, 0.15) is 6.04 Å². The van der Waals surface area contributed by atoms with Gasteiger partial charge in [-0.15, -0.1) is 0 Å². The predicted octanol–water partition coefficient (Wildman–Crippen LogP) is 3.60. The number of carbonyl (C=O) groups excluding carboxylic acids is 2. The largest absolute Gasteiger partial charge is 0.467 e. The van der Waals surface area contributed by atoms with Crippen LogP contribution in [0.5, 0.6) is 0 Å². The van der Waals surface area contributed by atoms with Gasteiger partial charge in [0.05, 0.1) is 7.11 Å². The molecule has 5 nitrogen and oxygen atoms in total. The zero-order valence-electron chi connectivity index (χ0n) is 17.2. The molecule has 2 aromatic rings. The number of hydrogen-bond donors (Lipinski definition) is 2. The monoisotopic (exact) mass is 382 g/mol. The number of hydrogen-bond acceptors (Lipinski definition) is 4. The Bertz CT molecular complexity index is 795. The molecule has 150 valence electrons. The minimum Gasteiger partial charge on any atom is -0.467 e.